The SMILES string of the molecule is Cc1c(C(=O)NNC(=O)c2cc(F)ccc2F)oc2ccccc12. The van der Waals surface area contributed by atoms with E-state index in [0.717, 1.165) is 23.6 Å². The fraction of sp³-hybridized carbons (Fsp3) is 0.0588. The number of hydrogen-bond acceptors (Lipinski definition) is 3. The van der Waals surface area contributed by atoms with Crippen LogP contribution in [0.15, 0.2) is 46.9 Å². The number of aryl methyl sites for hydroxylation is 1. The fourth-order valence-electron chi connectivity index (χ4n) is 2.30. The highest BCUT2D eigenvalue weighted by atomic mass is 19.1. The van der Waals surface area contributed by atoms with Crippen LogP contribution < -0.4 is 10.9 Å². The molecule has 0 spiro atoms. The molecule has 24 heavy (non-hydrogen) atoms. The maximum absolute atomic E-state index is 13.5. The van der Waals surface area contributed by atoms with Crippen molar-refractivity contribution in [3.63, 3.8) is 0 Å². The molecular weight excluding hydrogens is 318 g/mol. The summed E-state index contributed by atoms with van der Waals surface area (Å²) < 4.78 is 32.0. The van der Waals surface area contributed by atoms with Gasteiger partial charge in [0, 0.05) is 10.9 Å². The van der Waals surface area contributed by atoms with Gasteiger partial charge in [-0.05, 0) is 31.2 Å². The van der Waals surface area contributed by atoms with E-state index in [1.165, 1.54) is 0 Å². The first-order valence-corrected chi connectivity index (χ1v) is 7.01. The van der Waals surface area contributed by atoms with Gasteiger partial charge in [0.15, 0.2) is 5.76 Å². The van der Waals surface area contributed by atoms with E-state index in [-0.39, 0.29) is 5.76 Å². The summed E-state index contributed by atoms with van der Waals surface area (Å²) in [6.45, 7) is 1.70. The average molecular weight is 330 g/mol. The summed E-state index contributed by atoms with van der Waals surface area (Å²) in [4.78, 5) is 24.0. The molecule has 122 valence electrons. The quantitative estimate of drug-likeness (QED) is 0.709. The van der Waals surface area contributed by atoms with E-state index in [4.69, 9.17) is 4.42 Å². The third-order valence-corrected chi connectivity index (χ3v) is 3.51. The summed E-state index contributed by atoms with van der Waals surface area (Å²) in [5.41, 5.74) is 4.78. The molecule has 0 fully saturated rings. The molecule has 5 nitrogen and oxygen atoms in total. The van der Waals surface area contributed by atoms with Gasteiger partial charge in [0.25, 0.3) is 5.91 Å². The highest BCUT2D eigenvalue weighted by molar-refractivity contribution is 6.01. The van der Waals surface area contributed by atoms with Gasteiger partial charge in [-0.2, -0.15) is 0 Å². The zero-order chi connectivity index (χ0) is 17.3. The number of amides is 2. The lowest BCUT2D eigenvalue weighted by Gasteiger charge is -2.07. The predicted molar refractivity (Wildman–Crippen MR) is 82.2 cm³/mol. The van der Waals surface area contributed by atoms with Crippen molar-refractivity contribution in [3.05, 3.63) is 71.0 Å². The number of hydrazine groups is 1. The van der Waals surface area contributed by atoms with Crippen LogP contribution in [0, 0.1) is 18.6 Å². The van der Waals surface area contributed by atoms with Crippen molar-refractivity contribution in [1.82, 2.24) is 10.9 Å². The fourth-order valence-corrected chi connectivity index (χ4v) is 2.30. The van der Waals surface area contributed by atoms with Gasteiger partial charge in [0.05, 0.1) is 5.56 Å². The Kier molecular flexibility index (Phi) is 3.99. The Labute approximate surface area is 135 Å². The third kappa shape index (κ3) is 2.83. The molecule has 3 rings (SSSR count). The second-order valence-electron chi connectivity index (χ2n) is 5.08. The zero-order valence-corrected chi connectivity index (χ0v) is 12.5. The number of nitrogens with one attached hydrogen (secondary N) is 2. The largest absolute Gasteiger partial charge is 0.451 e. The van der Waals surface area contributed by atoms with E-state index >= 15 is 0 Å². The number of carbonyl (C=O) groups excluding carboxylic acids is 2. The molecule has 0 unspecified atom stereocenters. The van der Waals surface area contributed by atoms with Crippen LogP contribution >= 0.6 is 0 Å². The molecule has 1 heterocycles. The van der Waals surface area contributed by atoms with Gasteiger partial charge < -0.3 is 4.42 Å². The van der Waals surface area contributed by atoms with E-state index in [0.29, 0.717) is 11.1 Å². The summed E-state index contributed by atoms with van der Waals surface area (Å²) in [7, 11) is 0. The molecule has 7 heteroatoms. The molecule has 0 aliphatic carbocycles. The van der Waals surface area contributed by atoms with E-state index in [9.17, 15) is 18.4 Å². The maximum Gasteiger partial charge on any atom is 0.305 e. The Morgan fingerprint density at radius 1 is 1.00 bits per heavy atom. The highest BCUT2D eigenvalue weighted by Crippen LogP contribution is 2.24. The van der Waals surface area contributed by atoms with E-state index in [1.807, 2.05) is 5.43 Å². The number of halogens is 2. The minimum atomic E-state index is -0.978. The molecule has 3 aromatic rings. The average Bonchev–Trinajstić information content (AvgIpc) is 2.92. The van der Waals surface area contributed by atoms with Crippen LogP contribution in [-0.4, -0.2) is 11.8 Å². The number of furan rings is 1. The zero-order valence-electron chi connectivity index (χ0n) is 12.5. The van der Waals surface area contributed by atoms with Gasteiger partial charge in [0.2, 0.25) is 0 Å². The summed E-state index contributed by atoms with van der Waals surface area (Å²) in [5, 5.41) is 0.769. The lowest BCUT2D eigenvalue weighted by molar-refractivity contribution is 0.0829. The minimum Gasteiger partial charge on any atom is -0.451 e. The Bertz CT molecular complexity index is 950. The molecule has 0 atom stereocenters. The number of rotatable bonds is 2. The van der Waals surface area contributed by atoms with E-state index in [2.05, 4.69) is 5.43 Å². The Morgan fingerprint density at radius 3 is 2.46 bits per heavy atom. The first kappa shape index (κ1) is 15.7. The van der Waals surface area contributed by atoms with Crippen LogP contribution in [-0.2, 0) is 0 Å². The monoisotopic (exact) mass is 330 g/mol. The standard InChI is InChI=1S/C17H12F2N2O3/c1-9-11-4-2-3-5-14(11)24-15(9)17(23)21-20-16(22)12-8-10(18)6-7-13(12)19/h2-8H,1H3,(H,20,22)(H,21,23). The van der Waals surface area contributed by atoms with Gasteiger partial charge in [0.1, 0.15) is 17.2 Å². The van der Waals surface area contributed by atoms with Crippen molar-refractivity contribution < 1.29 is 22.8 Å². The second kappa shape index (κ2) is 6.11. The molecule has 0 saturated carbocycles. The van der Waals surface area contributed by atoms with Crippen molar-refractivity contribution in [1.29, 1.82) is 0 Å². The number of carbonyl (C=O) groups is 2. The van der Waals surface area contributed by atoms with Crippen LogP contribution in [0.25, 0.3) is 11.0 Å². The van der Waals surface area contributed by atoms with Crippen molar-refractivity contribution in [2.75, 3.05) is 0 Å². The van der Waals surface area contributed by atoms with Crippen LogP contribution in [0.4, 0.5) is 8.78 Å². The van der Waals surface area contributed by atoms with Crippen molar-refractivity contribution >= 4 is 22.8 Å². The maximum atomic E-state index is 13.5. The summed E-state index contributed by atoms with van der Waals surface area (Å²) in [6, 6.07) is 9.54. The number of hydrogen-bond donors (Lipinski definition) is 2. The third-order valence-electron chi connectivity index (χ3n) is 3.51. The van der Waals surface area contributed by atoms with Gasteiger partial charge in [-0.3, -0.25) is 20.4 Å². The summed E-state index contributed by atoms with van der Waals surface area (Å²) >= 11 is 0. The molecule has 2 aromatic carbocycles. The Balaban J connectivity index is 1.76. The van der Waals surface area contributed by atoms with Crippen LogP contribution in [0.5, 0.6) is 0 Å². The Hall–Kier alpha value is -3.22. The minimum absolute atomic E-state index is 0.0243. The van der Waals surface area contributed by atoms with Gasteiger partial charge >= 0.3 is 5.91 Å². The van der Waals surface area contributed by atoms with Crippen LogP contribution in [0.2, 0.25) is 0 Å². The van der Waals surface area contributed by atoms with Crippen molar-refractivity contribution in [2.24, 2.45) is 0 Å². The first-order valence-electron chi connectivity index (χ1n) is 7.01. The molecule has 0 bridgehead atoms. The summed E-state index contributed by atoms with van der Waals surface area (Å²) in [6.07, 6.45) is 0. The lowest BCUT2D eigenvalue weighted by atomic mass is 10.1. The molecular formula is C17H12F2N2O3. The van der Waals surface area contributed by atoms with Crippen LogP contribution in [0.3, 0.4) is 0 Å². The van der Waals surface area contributed by atoms with Gasteiger partial charge in [-0.1, -0.05) is 18.2 Å². The molecule has 2 amide bonds. The second-order valence-corrected chi connectivity index (χ2v) is 5.08. The molecule has 0 aliphatic rings. The molecule has 2 N–H and O–H groups in total. The van der Waals surface area contributed by atoms with E-state index < -0.39 is 29.0 Å². The van der Waals surface area contributed by atoms with Crippen molar-refractivity contribution in [2.45, 2.75) is 6.92 Å². The molecule has 0 saturated heterocycles. The Morgan fingerprint density at radius 2 is 1.71 bits per heavy atom. The lowest BCUT2D eigenvalue weighted by Crippen LogP contribution is -2.42. The van der Waals surface area contributed by atoms with Crippen molar-refractivity contribution in [3.8, 4) is 0 Å². The van der Waals surface area contributed by atoms with Crippen LogP contribution in [0.1, 0.15) is 26.5 Å². The van der Waals surface area contributed by atoms with Gasteiger partial charge in [-0.25, -0.2) is 8.78 Å². The number of para-hydroxylation sites is 1. The number of fused-ring (bicyclic) bond motifs is 1. The topological polar surface area (TPSA) is 71.3 Å². The normalized spacial score (nSPS) is 10.6. The number of benzene rings is 2. The molecule has 0 aliphatic heterocycles. The summed E-state index contributed by atoms with van der Waals surface area (Å²) in [5.74, 6) is -3.32. The van der Waals surface area contributed by atoms with E-state index in [1.54, 1.807) is 31.2 Å². The highest BCUT2D eigenvalue weighted by Gasteiger charge is 2.19. The predicted octanol–water partition coefficient (Wildman–Crippen LogP) is 3.09. The molecule has 0 radical (unpaired) electrons. The first-order chi connectivity index (χ1) is 11.5. The van der Waals surface area contributed by atoms with Gasteiger partial charge in [-0.15, -0.1) is 0 Å². The molecule has 1 aromatic heterocycles. The smallest absolute Gasteiger partial charge is 0.305 e.